The quantitative estimate of drug-likeness (QED) is 0.797. The number of benzene rings is 1. The summed E-state index contributed by atoms with van der Waals surface area (Å²) in [6.45, 7) is 1.98. The largest absolute Gasteiger partial charge is 0.321 e. The van der Waals surface area contributed by atoms with Crippen molar-refractivity contribution >= 4 is 22.9 Å². The Morgan fingerprint density at radius 3 is 3.00 bits per heavy atom. The van der Waals surface area contributed by atoms with Crippen molar-refractivity contribution in [1.82, 2.24) is 25.2 Å². The molecular weight excluding hydrogens is 300 g/mol. The second-order valence-corrected chi connectivity index (χ2v) is 5.50. The summed E-state index contributed by atoms with van der Waals surface area (Å²) in [5.41, 5.74) is 4.04. The molecule has 8 heteroatoms. The molecule has 0 unspecified atom stereocenters. The Kier molecular flexibility index (Phi) is 3.92. The minimum absolute atomic E-state index is 0.146. The third-order valence-electron chi connectivity index (χ3n) is 3.18. The van der Waals surface area contributed by atoms with Gasteiger partial charge in [0.05, 0.1) is 11.2 Å². The number of nitrogens with zero attached hydrogens (tertiary/aromatic N) is 5. The molecule has 7 nitrogen and oxygen atoms in total. The zero-order valence-corrected chi connectivity index (χ0v) is 13.0. The molecule has 0 aliphatic rings. The van der Waals surface area contributed by atoms with Gasteiger partial charge in [0.15, 0.2) is 5.82 Å². The molecule has 22 heavy (non-hydrogen) atoms. The lowest BCUT2D eigenvalue weighted by molar-refractivity contribution is 0.102. The SMILES string of the molecule is CCc1ncsc1C(=O)Nc1cccc(-c2nnnn2C)c1. The molecule has 0 saturated heterocycles. The maximum absolute atomic E-state index is 12.3. The zero-order chi connectivity index (χ0) is 15.5. The van der Waals surface area contributed by atoms with E-state index >= 15 is 0 Å². The lowest BCUT2D eigenvalue weighted by atomic mass is 10.2. The molecule has 2 heterocycles. The second kappa shape index (κ2) is 6.02. The van der Waals surface area contributed by atoms with Crippen molar-refractivity contribution in [2.24, 2.45) is 7.05 Å². The number of rotatable bonds is 4. The van der Waals surface area contributed by atoms with E-state index in [4.69, 9.17) is 0 Å². The van der Waals surface area contributed by atoms with Crippen LogP contribution in [0.4, 0.5) is 5.69 Å². The highest BCUT2D eigenvalue weighted by Gasteiger charge is 2.14. The van der Waals surface area contributed by atoms with Crippen LogP contribution in [0.1, 0.15) is 22.3 Å². The van der Waals surface area contributed by atoms with E-state index in [-0.39, 0.29) is 5.91 Å². The number of hydrogen-bond donors (Lipinski definition) is 1. The Hall–Kier alpha value is -2.61. The molecular formula is C14H14N6OS. The van der Waals surface area contributed by atoms with Crippen LogP contribution in [0.25, 0.3) is 11.4 Å². The Morgan fingerprint density at radius 1 is 1.41 bits per heavy atom. The number of aryl methyl sites for hydroxylation is 2. The van der Waals surface area contributed by atoms with Gasteiger partial charge in [0.1, 0.15) is 4.88 Å². The molecule has 0 fully saturated rings. The van der Waals surface area contributed by atoms with Gasteiger partial charge in [-0.3, -0.25) is 4.79 Å². The average molecular weight is 314 g/mol. The number of carbonyl (C=O) groups excluding carboxylic acids is 1. The first-order chi connectivity index (χ1) is 10.7. The van der Waals surface area contributed by atoms with Crippen molar-refractivity contribution in [1.29, 1.82) is 0 Å². The van der Waals surface area contributed by atoms with Gasteiger partial charge in [-0.2, -0.15) is 0 Å². The van der Waals surface area contributed by atoms with Crippen molar-refractivity contribution in [3.63, 3.8) is 0 Å². The highest BCUT2D eigenvalue weighted by molar-refractivity contribution is 7.12. The number of tetrazole rings is 1. The van der Waals surface area contributed by atoms with Gasteiger partial charge in [-0.05, 0) is 29.0 Å². The lowest BCUT2D eigenvalue weighted by Crippen LogP contribution is -2.12. The molecule has 1 amide bonds. The van der Waals surface area contributed by atoms with E-state index in [1.165, 1.54) is 11.3 Å². The van der Waals surface area contributed by atoms with E-state index < -0.39 is 0 Å². The third-order valence-corrected chi connectivity index (χ3v) is 4.05. The maximum atomic E-state index is 12.3. The van der Waals surface area contributed by atoms with Gasteiger partial charge < -0.3 is 5.32 Å². The minimum Gasteiger partial charge on any atom is -0.321 e. The second-order valence-electron chi connectivity index (χ2n) is 4.64. The molecule has 0 aliphatic carbocycles. The predicted octanol–water partition coefficient (Wildman–Crippen LogP) is 2.15. The van der Waals surface area contributed by atoms with Gasteiger partial charge in [0.2, 0.25) is 0 Å². The molecule has 0 radical (unpaired) electrons. The molecule has 112 valence electrons. The number of thiazole rings is 1. The Labute approximate surface area is 131 Å². The summed E-state index contributed by atoms with van der Waals surface area (Å²) < 4.78 is 1.58. The number of carbonyl (C=O) groups is 1. The topological polar surface area (TPSA) is 85.6 Å². The number of aromatic nitrogens is 5. The normalized spacial score (nSPS) is 10.6. The fourth-order valence-corrected chi connectivity index (χ4v) is 2.88. The monoisotopic (exact) mass is 314 g/mol. The molecule has 0 spiro atoms. The van der Waals surface area contributed by atoms with Gasteiger partial charge in [-0.15, -0.1) is 16.4 Å². The Bertz CT molecular complexity index is 809. The molecule has 2 aromatic heterocycles. The van der Waals surface area contributed by atoms with Crippen LogP contribution < -0.4 is 5.32 Å². The first kappa shape index (κ1) is 14.3. The van der Waals surface area contributed by atoms with E-state index in [1.807, 2.05) is 31.2 Å². The van der Waals surface area contributed by atoms with Gasteiger partial charge >= 0.3 is 0 Å². The molecule has 0 saturated carbocycles. The molecule has 3 aromatic rings. The van der Waals surface area contributed by atoms with E-state index in [1.54, 1.807) is 17.2 Å². The van der Waals surface area contributed by atoms with E-state index in [9.17, 15) is 4.79 Å². The van der Waals surface area contributed by atoms with Crippen molar-refractivity contribution in [3.05, 3.63) is 40.3 Å². The third kappa shape index (κ3) is 2.73. The summed E-state index contributed by atoms with van der Waals surface area (Å²) >= 11 is 1.35. The maximum Gasteiger partial charge on any atom is 0.267 e. The van der Waals surface area contributed by atoms with Gasteiger partial charge in [0, 0.05) is 18.3 Å². The van der Waals surface area contributed by atoms with Crippen LogP contribution in [-0.4, -0.2) is 31.1 Å². The zero-order valence-electron chi connectivity index (χ0n) is 12.1. The van der Waals surface area contributed by atoms with E-state index in [0.717, 1.165) is 17.7 Å². The van der Waals surface area contributed by atoms with Crippen LogP contribution in [0.3, 0.4) is 0 Å². The fraction of sp³-hybridized carbons (Fsp3) is 0.214. The summed E-state index contributed by atoms with van der Waals surface area (Å²) in [7, 11) is 1.77. The number of anilines is 1. The van der Waals surface area contributed by atoms with Gasteiger partial charge in [0.25, 0.3) is 5.91 Å². The fourth-order valence-electron chi connectivity index (χ4n) is 2.10. The molecule has 0 bridgehead atoms. The standard InChI is InChI=1S/C14H14N6OS/c1-3-11-12(22-8-15-11)14(21)16-10-6-4-5-9(7-10)13-17-18-19-20(13)2/h4-8H,3H2,1-2H3,(H,16,21). The first-order valence-electron chi connectivity index (χ1n) is 6.75. The summed E-state index contributed by atoms with van der Waals surface area (Å²) in [4.78, 5) is 17.2. The van der Waals surface area contributed by atoms with Crippen molar-refractivity contribution in [2.45, 2.75) is 13.3 Å². The van der Waals surface area contributed by atoms with Crippen LogP contribution >= 0.6 is 11.3 Å². The molecule has 1 N–H and O–H groups in total. The summed E-state index contributed by atoms with van der Waals surface area (Å²) in [6, 6.07) is 7.42. The number of nitrogens with one attached hydrogen (secondary N) is 1. The van der Waals surface area contributed by atoms with E-state index in [0.29, 0.717) is 16.4 Å². The number of hydrogen-bond acceptors (Lipinski definition) is 6. The van der Waals surface area contributed by atoms with Gasteiger partial charge in [-0.25, -0.2) is 9.67 Å². The van der Waals surface area contributed by atoms with Crippen molar-refractivity contribution in [3.8, 4) is 11.4 Å². The molecule has 3 rings (SSSR count). The van der Waals surface area contributed by atoms with Crippen molar-refractivity contribution < 1.29 is 4.79 Å². The Morgan fingerprint density at radius 2 is 2.27 bits per heavy atom. The molecule has 0 aliphatic heterocycles. The summed E-state index contributed by atoms with van der Waals surface area (Å²) in [5.74, 6) is 0.496. The van der Waals surface area contributed by atoms with Crippen LogP contribution in [0, 0.1) is 0 Å². The lowest BCUT2D eigenvalue weighted by Gasteiger charge is -2.06. The highest BCUT2D eigenvalue weighted by Crippen LogP contribution is 2.21. The van der Waals surface area contributed by atoms with Crippen molar-refractivity contribution in [2.75, 3.05) is 5.32 Å². The van der Waals surface area contributed by atoms with Crippen LogP contribution in [-0.2, 0) is 13.5 Å². The summed E-state index contributed by atoms with van der Waals surface area (Å²) in [5, 5.41) is 14.3. The first-order valence-corrected chi connectivity index (χ1v) is 7.63. The van der Waals surface area contributed by atoms with Crippen LogP contribution in [0.5, 0.6) is 0 Å². The predicted molar refractivity (Wildman–Crippen MR) is 83.7 cm³/mol. The summed E-state index contributed by atoms with van der Waals surface area (Å²) in [6.07, 6.45) is 0.733. The Balaban J connectivity index is 1.84. The highest BCUT2D eigenvalue weighted by atomic mass is 32.1. The average Bonchev–Trinajstić information content (AvgIpc) is 3.15. The van der Waals surface area contributed by atoms with Gasteiger partial charge in [-0.1, -0.05) is 19.1 Å². The molecule has 0 atom stereocenters. The molecule has 1 aromatic carbocycles. The van der Waals surface area contributed by atoms with Crippen LogP contribution in [0.15, 0.2) is 29.8 Å². The smallest absolute Gasteiger partial charge is 0.267 e. The number of amides is 1. The van der Waals surface area contributed by atoms with E-state index in [2.05, 4.69) is 25.8 Å². The van der Waals surface area contributed by atoms with Crippen LogP contribution in [0.2, 0.25) is 0 Å². The minimum atomic E-state index is -0.146.